The number of alkyl halides is 3. The molecule has 1 heterocycles. The molecule has 0 spiro atoms. The third kappa shape index (κ3) is 5.53. The lowest BCUT2D eigenvalue weighted by atomic mass is 10.0. The van der Waals surface area contributed by atoms with Crippen LogP contribution in [0.1, 0.15) is 40.3 Å². The van der Waals surface area contributed by atoms with Crippen molar-refractivity contribution >= 4 is 22.4 Å². The second-order valence-electron chi connectivity index (χ2n) is 5.94. The zero-order chi connectivity index (χ0) is 16.4. The largest absolute Gasteiger partial charge is 0.458 e. The zero-order valence-electron chi connectivity index (χ0n) is 12.5. The number of nitrogens with zero attached hydrogens (tertiary/aromatic N) is 1. The van der Waals surface area contributed by atoms with Gasteiger partial charge in [0.15, 0.2) is 10.8 Å². The van der Waals surface area contributed by atoms with Crippen LogP contribution in [-0.2, 0) is 15.7 Å². The Balaban J connectivity index is 2.84. The van der Waals surface area contributed by atoms with E-state index < -0.39 is 29.5 Å². The molecule has 4 nitrogen and oxygen atoms in total. The lowest BCUT2D eigenvalue weighted by molar-refractivity contribution is -0.156. The maximum Gasteiger partial charge on any atom is 0.434 e. The Hall–Kier alpha value is -1.31. The van der Waals surface area contributed by atoms with Crippen LogP contribution >= 0.6 is 11.3 Å². The first-order valence-corrected chi connectivity index (χ1v) is 7.30. The molecule has 0 radical (unpaired) electrons. The summed E-state index contributed by atoms with van der Waals surface area (Å²) < 4.78 is 42.8. The number of hydrogen-bond acceptors (Lipinski definition) is 5. The molecule has 1 rings (SSSR count). The summed E-state index contributed by atoms with van der Waals surface area (Å²) in [6, 6.07) is -0.753. The van der Waals surface area contributed by atoms with E-state index in [-0.39, 0.29) is 11.0 Å². The highest BCUT2D eigenvalue weighted by Crippen LogP contribution is 2.32. The second kappa shape index (κ2) is 6.21. The summed E-state index contributed by atoms with van der Waals surface area (Å²) in [6.45, 7) is 8.74. The highest BCUT2D eigenvalue weighted by Gasteiger charge is 2.35. The summed E-state index contributed by atoms with van der Waals surface area (Å²) >= 11 is 0.808. The number of esters is 1. The summed E-state index contributed by atoms with van der Waals surface area (Å²) in [7, 11) is 0. The van der Waals surface area contributed by atoms with Crippen molar-refractivity contribution in [3.8, 4) is 0 Å². The number of nitrogens with one attached hydrogen (secondary N) is 1. The average Bonchev–Trinajstić information content (AvgIpc) is 2.70. The van der Waals surface area contributed by atoms with Crippen LogP contribution in [0.5, 0.6) is 0 Å². The van der Waals surface area contributed by atoms with Crippen molar-refractivity contribution in [3.63, 3.8) is 0 Å². The lowest BCUT2D eigenvalue weighted by Crippen LogP contribution is -2.40. The highest BCUT2D eigenvalue weighted by molar-refractivity contribution is 7.13. The molecule has 0 aromatic carbocycles. The Bertz CT molecular complexity index is 492. The quantitative estimate of drug-likeness (QED) is 0.852. The van der Waals surface area contributed by atoms with E-state index in [1.54, 1.807) is 34.6 Å². The molecule has 0 saturated carbocycles. The fraction of sp³-hybridized carbons (Fsp3) is 0.692. The highest BCUT2D eigenvalue weighted by atomic mass is 32.1. The maximum absolute atomic E-state index is 12.5. The van der Waals surface area contributed by atoms with E-state index in [2.05, 4.69) is 10.3 Å². The Morgan fingerprint density at radius 2 is 1.90 bits per heavy atom. The Kier molecular flexibility index (Phi) is 5.25. The van der Waals surface area contributed by atoms with Crippen molar-refractivity contribution in [2.45, 2.75) is 52.4 Å². The van der Waals surface area contributed by atoms with Crippen LogP contribution in [0.25, 0.3) is 0 Å². The first kappa shape index (κ1) is 17.7. The Labute approximate surface area is 125 Å². The van der Waals surface area contributed by atoms with E-state index in [9.17, 15) is 18.0 Å². The van der Waals surface area contributed by atoms with Gasteiger partial charge in [-0.2, -0.15) is 13.2 Å². The van der Waals surface area contributed by atoms with Gasteiger partial charge in [-0.15, -0.1) is 11.3 Å². The number of hydrogen-bond donors (Lipinski definition) is 1. The van der Waals surface area contributed by atoms with Gasteiger partial charge in [0.1, 0.15) is 11.6 Å². The molecule has 0 fully saturated rings. The fourth-order valence-electron chi connectivity index (χ4n) is 1.47. The van der Waals surface area contributed by atoms with Gasteiger partial charge in [0.2, 0.25) is 0 Å². The van der Waals surface area contributed by atoms with Crippen molar-refractivity contribution in [1.82, 2.24) is 4.98 Å². The van der Waals surface area contributed by atoms with E-state index in [0.29, 0.717) is 0 Å². The minimum atomic E-state index is -4.49. The molecule has 0 aliphatic rings. The third-order valence-corrected chi connectivity index (χ3v) is 3.17. The number of anilines is 1. The summed E-state index contributed by atoms with van der Waals surface area (Å²) in [5.74, 6) is -0.667. The Morgan fingerprint density at radius 3 is 2.29 bits per heavy atom. The summed E-state index contributed by atoms with van der Waals surface area (Å²) in [5.41, 5.74) is -1.63. The number of halogens is 3. The van der Waals surface area contributed by atoms with Crippen LogP contribution in [0, 0.1) is 5.92 Å². The molecule has 0 amide bonds. The minimum absolute atomic E-state index is 0.0480. The predicted molar refractivity (Wildman–Crippen MR) is 75.2 cm³/mol. The van der Waals surface area contributed by atoms with E-state index in [1.807, 2.05) is 0 Å². The number of ether oxygens (including phenoxy) is 1. The fourth-order valence-corrected chi connectivity index (χ4v) is 2.22. The van der Waals surface area contributed by atoms with Crippen molar-refractivity contribution in [2.75, 3.05) is 5.32 Å². The number of carbonyl (C=O) groups is 1. The molecule has 1 atom stereocenters. The SMILES string of the molecule is CC(C)[C@H](Nc1nc(C(F)(F)F)cs1)C(=O)OC(C)(C)C. The first-order valence-electron chi connectivity index (χ1n) is 6.42. The first-order chi connectivity index (χ1) is 9.40. The van der Waals surface area contributed by atoms with E-state index in [0.717, 1.165) is 16.7 Å². The molecule has 1 aromatic heterocycles. The number of rotatable bonds is 4. The van der Waals surface area contributed by atoms with Gasteiger partial charge in [-0.05, 0) is 26.7 Å². The van der Waals surface area contributed by atoms with Crippen LogP contribution in [-0.4, -0.2) is 22.6 Å². The van der Waals surface area contributed by atoms with E-state index in [1.165, 1.54) is 0 Å². The molecule has 0 aliphatic carbocycles. The normalized spacial score (nSPS) is 14.1. The van der Waals surface area contributed by atoms with Crippen molar-refractivity contribution in [3.05, 3.63) is 11.1 Å². The number of aromatic nitrogens is 1. The van der Waals surface area contributed by atoms with Crippen LogP contribution < -0.4 is 5.32 Å². The molecule has 8 heteroatoms. The lowest BCUT2D eigenvalue weighted by Gasteiger charge is -2.26. The van der Waals surface area contributed by atoms with Gasteiger partial charge < -0.3 is 10.1 Å². The molecule has 0 bridgehead atoms. The maximum atomic E-state index is 12.5. The average molecular weight is 324 g/mol. The van der Waals surface area contributed by atoms with Gasteiger partial charge in [0.25, 0.3) is 0 Å². The molecular formula is C13H19F3N2O2S. The molecule has 0 aliphatic heterocycles. The monoisotopic (exact) mass is 324 g/mol. The summed E-state index contributed by atoms with van der Waals surface area (Å²) in [4.78, 5) is 15.5. The van der Waals surface area contributed by atoms with Crippen LogP contribution in [0.2, 0.25) is 0 Å². The summed E-state index contributed by atoms with van der Waals surface area (Å²) in [6.07, 6.45) is -4.49. The molecule has 1 N–H and O–H groups in total. The third-order valence-electron chi connectivity index (χ3n) is 2.40. The van der Waals surface area contributed by atoms with Crippen LogP contribution in [0.15, 0.2) is 5.38 Å². The molecule has 120 valence electrons. The standard InChI is InChI=1S/C13H19F3N2O2S/c1-7(2)9(10(19)20-12(3,4)5)18-11-17-8(6-21-11)13(14,15)16/h6-7,9H,1-5H3,(H,17,18)/t9-/m0/s1. The molecular weight excluding hydrogens is 305 g/mol. The van der Waals surface area contributed by atoms with Gasteiger partial charge in [0, 0.05) is 5.38 Å². The predicted octanol–water partition coefficient (Wildman–Crippen LogP) is 3.94. The molecule has 0 saturated heterocycles. The smallest absolute Gasteiger partial charge is 0.434 e. The number of thiazole rings is 1. The van der Waals surface area contributed by atoms with Crippen molar-refractivity contribution in [2.24, 2.45) is 5.92 Å². The second-order valence-corrected chi connectivity index (χ2v) is 6.79. The van der Waals surface area contributed by atoms with Crippen molar-refractivity contribution in [1.29, 1.82) is 0 Å². The molecule has 21 heavy (non-hydrogen) atoms. The molecule has 0 unspecified atom stereocenters. The van der Waals surface area contributed by atoms with E-state index in [4.69, 9.17) is 4.74 Å². The van der Waals surface area contributed by atoms with Crippen molar-refractivity contribution < 1.29 is 22.7 Å². The van der Waals surface area contributed by atoms with Crippen LogP contribution in [0.3, 0.4) is 0 Å². The Morgan fingerprint density at radius 1 is 1.33 bits per heavy atom. The minimum Gasteiger partial charge on any atom is -0.458 e. The number of carbonyl (C=O) groups excluding carboxylic acids is 1. The van der Waals surface area contributed by atoms with Gasteiger partial charge in [-0.1, -0.05) is 13.8 Å². The molecule has 1 aromatic rings. The topological polar surface area (TPSA) is 51.2 Å². The van der Waals surface area contributed by atoms with Gasteiger partial charge >= 0.3 is 12.1 Å². The van der Waals surface area contributed by atoms with E-state index >= 15 is 0 Å². The van der Waals surface area contributed by atoms with Gasteiger partial charge in [-0.25, -0.2) is 9.78 Å². The summed E-state index contributed by atoms with van der Waals surface area (Å²) in [5, 5.41) is 3.69. The van der Waals surface area contributed by atoms with Gasteiger partial charge in [-0.3, -0.25) is 0 Å². The van der Waals surface area contributed by atoms with Crippen LogP contribution in [0.4, 0.5) is 18.3 Å². The zero-order valence-corrected chi connectivity index (χ0v) is 13.4. The van der Waals surface area contributed by atoms with Gasteiger partial charge in [0.05, 0.1) is 0 Å².